The SMILES string of the molecule is CCCCCOc1ccccc1C(=O)Nc1ccc(NC(=O)C(C)C)cc1. The fourth-order valence-corrected chi connectivity index (χ4v) is 2.44. The van der Waals surface area contributed by atoms with Gasteiger partial charge in [-0.2, -0.15) is 0 Å². The van der Waals surface area contributed by atoms with Crippen molar-refractivity contribution in [2.75, 3.05) is 17.2 Å². The van der Waals surface area contributed by atoms with Crippen molar-refractivity contribution in [1.29, 1.82) is 0 Å². The molecule has 2 rings (SSSR count). The normalized spacial score (nSPS) is 10.5. The van der Waals surface area contributed by atoms with Crippen molar-refractivity contribution in [2.24, 2.45) is 5.92 Å². The van der Waals surface area contributed by atoms with Crippen LogP contribution in [0.1, 0.15) is 50.4 Å². The molecule has 2 aromatic rings. The molecular weight excluding hydrogens is 340 g/mol. The molecule has 144 valence electrons. The van der Waals surface area contributed by atoms with Gasteiger partial charge in [-0.05, 0) is 42.8 Å². The molecule has 2 N–H and O–H groups in total. The van der Waals surface area contributed by atoms with Gasteiger partial charge in [0, 0.05) is 17.3 Å². The maximum atomic E-state index is 12.6. The quantitative estimate of drug-likeness (QED) is 0.605. The van der Waals surface area contributed by atoms with Gasteiger partial charge in [0.1, 0.15) is 5.75 Å². The molecule has 0 unspecified atom stereocenters. The van der Waals surface area contributed by atoms with Gasteiger partial charge in [0.05, 0.1) is 12.2 Å². The fourth-order valence-electron chi connectivity index (χ4n) is 2.44. The summed E-state index contributed by atoms with van der Waals surface area (Å²) in [5, 5.41) is 5.70. The molecule has 0 spiro atoms. The zero-order chi connectivity index (χ0) is 19.6. The highest BCUT2D eigenvalue weighted by Gasteiger charge is 2.13. The van der Waals surface area contributed by atoms with Gasteiger partial charge in [0.2, 0.25) is 5.91 Å². The Labute approximate surface area is 161 Å². The number of benzene rings is 2. The van der Waals surface area contributed by atoms with E-state index in [1.807, 2.05) is 32.0 Å². The van der Waals surface area contributed by atoms with E-state index in [0.29, 0.717) is 29.3 Å². The zero-order valence-electron chi connectivity index (χ0n) is 16.2. The van der Waals surface area contributed by atoms with Crippen LogP contribution >= 0.6 is 0 Å². The number of hydrogen-bond donors (Lipinski definition) is 2. The molecule has 0 aromatic heterocycles. The van der Waals surface area contributed by atoms with E-state index in [0.717, 1.165) is 19.3 Å². The van der Waals surface area contributed by atoms with Crippen LogP contribution in [-0.4, -0.2) is 18.4 Å². The summed E-state index contributed by atoms with van der Waals surface area (Å²) >= 11 is 0. The maximum absolute atomic E-state index is 12.6. The summed E-state index contributed by atoms with van der Waals surface area (Å²) in [6.45, 7) is 6.42. The van der Waals surface area contributed by atoms with Gasteiger partial charge in [-0.1, -0.05) is 45.7 Å². The van der Waals surface area contributed by atoms with E-state index in [2.05, 4.69) is 17.6 Å². The van der Waals surface area contributed by atoms with Crippen molar-refractivity contribution in [3.63, 3.8) is 0 Å². The molecule has 0 saturated carbocycles. The number of amides is 2. The average Bonchev–Trinajstić information content (AvgIpc) is 2.67. The lowest BCUT2D eigenvalue weighted by molar-refractivity contribution is -0.118. The van der Waals surface area contributed by atoms with Crippen LogP contribution in [0.3, 0.4) is 0 Å². The molecule has 0 heterocycles. The lowest BCUT2D eigenvalue weighted by Gasteiger charge is -2.12. The number of carbonyl (C=O) groups excluding carboxylic acids is 2. The van der Waals surface area contributed by atoms with E-state index < -0.39 is 0 Å². The number of hydrogen-bond acceptors (Lipinski definition) is 3. The van der Waals surface area contributed by atoms with Crippen LogP contribution in [0.5, 0.6) is 5.75 Å². The second-order valence-electron chi connectivity index (χ2n) is 6.73. The van der Waals surface area contributed by atoms with Crippen molar-refractivity contribution in [3.05, 3.63) is 54.1 Å². The van der Waals surface area contributed by atoms with Gasteiger partial charge >= 0.3 is 0 Å². The Morgan fingerprint density at radius 1 is 0.926 bits per heavy atom. The summed E-state index contributed by atoms with van der Waals surface area (Å²) in [7, 11) is 0. The predicted octanol–water partition coefficient (Wildman–Crippen LogP) is 5.10. The number of unbranched alkanes of at least 4 members (excludes halogenated alkanes) is 2. The van der Waals surface area contributed by atoms with E-state index in [4.69, 9.17) is 4.74 Å². The molecule has 2 amide bonds. The third-order valence-corrected chi connectivity index (χ3v) is 4.07. The molecule has 0 bridgehead atoms. The van der Waals surface area contributed by atoms with Crippen LogP contribution in [0, 0.1) is 5.92 Å². The third kappa shape index (κ3) is 6.44. The molecule has 5 nitrogen and oxygen atoms in total. The van der Waals surface area contributed by atoms with Crippen LogP contribution in [0.25, 0.3) is 0 Å². The molecule has 0 aliphatic carbocycles. The van der Waals surface area contributed by atoms with Gasteiger partial charge in [-0.3, -0.25) is 9.59 Å². The Morgan fingerprint density at radius 3 is 2.19 bits per heavy atom. The Kier molecular flexibility index (Phi) is 7.86. The van der Waals surface area contributed by atoms with Crippen LogP contribution in [-0.2, 0) is 4.79 Å². The largest absolute Gasteiger partial charge is 0.493 e. The van der Waals surface area contributed by atoms with Crippen LogP contribution < -0.4 is 15.4 Å². The van der Waals surface area contributed by atoms with E-state index in [-0.39, 0.29) is 17.7 Å². The molecule has 0 radical (unpaired) electrons. The predicted molar refractivity (Wildman–Crippen MR) is 109 cm³/mol. The van der Waals surface area contributed by atoms with Crippen molar-refractivity contribution >= 4 is 23.2 Å². The number of nitrogens with one attached hydrogen (secondary N) is 2. The summed E-state index contributed by atoms with van der Waals surface area (Å²) < 4.78 is 5.77. The second kappa shape index (κ2) is 10.4. The summed E-state index contributed by atoms with van der Waals surface area (Å²) in [6.07, 6.45) is 3.20. The van der Waals surface area contributed by atoms with Crippen LogP contribution in [0.2, 0.25) is 0 Å². The minimum atomic E-state index is -0.222. The van der Waals surface area contributed by atoms with E-state index in [1.54, 1.807) is 30.3 Å². The Bertz CT molecular complexity index is 754. The van der Waals surface area contributed by atoms with Crippen LogP contribution in [0.15, 0.2) is 48.5 Å². The molecule has 0 aliphatic heterocycles. The topological polar surface area (TPSA) is 67.4 Å². The first-order chi connectivity index (χ1) is 13.0. The molecular formula is C22H28N2O3. The number of ether oxygens (including phenoxy) is 1. The molecule has 0 fully saturated rings. The van der Waals surface area contributed by atoms with Crippen LogP contribution in [0.4, 0.5) is 11.4 Å². The third-order valence-electron chi connectivity index (χ3n) is 4.07. The van der Waals surface area contributed by atoms with Crippen molar-refractivity contribution in [2.45, 2.75) is 40.0 Å². The van der Waals surface area contributed by atoms with Gasteiger partial charge in [0.25, 0.3) is 5.91 Å². The molecule has 2 aromatic carbocycles. The molecule has 0 saturated heterocycles. The first-order valence-corrected chi connectivity index (χ1v) is 9.45. The number of anilines is 2. The number of carbonyl (C=O) groups is 2. The lowest BCUT2D eigenvalue weighted by Crippen LogP contribution is -2.17. The summed E-state index contributed by atoms with van der Waals surface area (Å²) in [5.74, 6) is 0.242. The molecule has 27 heavy (non-hydrogen) atoms. The Balaban J connectivity index is 1.99. The zero-order valence-corrected chi connectivity index (χ0v) is 16.2. The second-order valence-corrected chi connectivity index (χ2v) is 6.73. The molecule has 5 heteroatoms. The van der Waals surface area contributed by atoms with Gasteiger partial charge in [-0.25, -0.2) is 0 Å². The van der Waals surface area contributed by atoms with Crippen molar-refractivity contribution in [1.82, 2.24) is 0 Å². The number of rotatable bonds is 9. The van der Waals surface area contributed by atoms with Gasteiger partial charge < -0.3 is 15.4 Å². The minimum Gasteiger partial charge on any atom is -0.493 e. The fraction of sp³-hybridized carbons (Fsp3) is 0.364. The summed E-state index contributed by atoms with van der Waals surface area (Å²) in [4.78, 5) is 24.3. The Hall–Kier alpha value is -2.82. The summed E-state index contributed by atoms with van der Waals surface area (Å²) in [5.41, 5.74) is 1.86. The highest BCUT2D eigenvalue weighted by Crippen LogP contribution is 2.21. The van der Waals surface area contributed by atoms with Crippen molar-refractivity contribution < 1.29 is 14.3 Å². The highest BCUT2D eigenvalue weighted by atomic mass is 16.5. The first kappa shape index (κ1) is 20.5. The van der Waals surface area contributed by atoms with Crippen molar-refractivity contribution in [3.8, 4) is 5.75 Å². The monoisotopic (exact) mass is 368 g/mol. The van der Waals surface area contributed by atoms with Gasteiger partial charge in [-0.15, -0.1) is 0 Å². The average molecular weight is 368 g/mol. The van der Waals surface area contributed by atoms with E-state index >= 15 is 0 Å². The summed E-state index contributed by atoms with van der Waals surface area (Å²) in [6, 6.07) is 14.3. The molecule has 0 atom stereocenters. The Morgan fingerprint density at radius 2 is 1.56 bits per heavy atom. The standard InChI is InChI=1S/C22H28N2O3/c1-4-5-8-15-27-20-10-7-6-9-19(20)22(26)24-18-13-11-17(12-14-18)23-21(25)16(2)3/h6-7,9-14,16H,4-5,8,15H2,1-3H3,(H,23,25)(H,24,26). The molecule has 0 aliphatic rings. The number of para-hydroxylation sites is 1. The highest BCUT2D eigenvalue weighted by molar-refractivity contribution is 6.06. The lowest BCUT2D eigenvalue weighted by atomic mass is 10.1. The van der Waals surface area contributed by atoms with E-state index in [1.165, 1.54) is 0 Å². The van der Waals surface area contributed by atoms with Gasteiger partial charge in [0.15, 0.2) is 0 Å². The first-order valence-electron chi connectivity index (χ1n) is 9.45. The minimum absolute atomic E-state index is 0.0408. The smallest absolute Gasteiger partial charge is 0.259 e. The van der Waals surface area contributed by atoms with E-state index in [9.17, 15) is 9.59 Å². The maximum Gasteiger partial charge on any atom is 0.259 e.